The molecule has 0 spiro atoms. The summed E-state index contributed by atoms with van der Waals surface area (Å²) in [7, 11) is -0.986. The van der Waals surface area contributed by atoms with E-state index in [2.05, 4.69) is 31.0 Å². The predicted octanol–water partition coefficient (Wildman–Crippen LogP) is 3.43. The number of anilines is 2. The van der Waals surface area contributed by atoms with E-state index in [1.54, 1.807) is 26.2 Å². The maximum Gasteiger partial charge on any atom is 0.417 e. The number of nitrogens with zero attached hydrogens (tertiary/aromatic N) is 1. The van der Waals surface area contributed by atoms with Crippen LogP contribution < -0.4 is 15.8 Å². The van der Waals surface area contributed by atoms with Gasteiger partial charge in [0.25, 0.3) is 10.0 Å². The Morgan fingerprint density at radius 2 is 1.93 bits per heavy atom. The number of carbonyl (C=O) groups excluding carboxylic acids is 1. The molecule has 0 saturated carbocycles. The molecule has 1 heterocycles. The summed E-state index contributed by atoms with van der Waals surface area (Å²) >= 11 is 9.34. The maximum atomic E-state index is 12.9. The number of rotatable bonds is 4. The zero-order valence-corrected chi connectivity index (χ0v) is 17.7. The number of aromatic nitrogens is 1. The Bertz CT molecular complexity index is 1240. The summed E-state index contributed by atoms with van der Waals surface area (Å²) in [4.78, 5) is 26.6. The number of hydrogen-bond donors (Lipinski definition) is 3. The van der Waals surface area contributed by atoms with Gasteiger partial charge in [0.1, 0.15) is 9.92 Å². The highest BCUT2D eigenvalue weighted by atomic mass is 79.9. The number of benzene rings is 2. The third-order valence-corrected chi connectivity index (χ3v) is 6.43. The highest BCUT2D eigenvalue weighted by molar-refractivity contribution is 9.10. The van der Waals surface area contributed by atoms with E-state index in [4.69, 9.17) is 16.0 Å². The number of oxazole rings is 1. The van der Waals surface area contributed by atoms with Crippen molar-refractivity contribution in [2.75, 3.05) is 24.1 Å². The van der Waals surface area contributed by atoms with E-state index in [-0.39, 0.29) is 37.2 Å². The molecule has 28 heavy (non-hydrogen) atoms. The van der Waals surface area contributed by atoms with Gasteiger partial charge in [-0.05, 0) is 40.2 Å². The summed E-state index contributed by atoms with van der Waals surface area (Å²) in [5.74, 6) is -0.754. The number of hydrogen-bond acceptors (Lipinski definition) is 5. The van der Waals surface area contributed by atoms with E-state index < -0.39 is 15.8 Å². The van der Waals surface area contributed by atoms with Crippen LogP contribution in [0.3, 0.4) is 0 Å². The van der Waals surface area contributed by atoms with Gasteiger partial charge < -0.3 is 14.6 Å². The first-order valence-electron chi connectivity index (χ1n) is 7.70. The molecular weight excluding hydrogens is 476 g/mol. The van der Waals surface area contributed by atoms with E-state index in [0.717, 1.165) is 0 Å². The van der Waals surface area contributed by atoms with Crippen molar-refractivity contribution < 1.29 is 17.6 Å². The van der Waals surface area contributed by atoms with Crippen molar-refractivity contribution in [2.24, 2.45) is 0 Å². The molecule has 0 saturated heterocycles. The molecule has 3 rings (SSSR count). The van der Waals surface area contributed by atoms with Crippen molar-refractivity contribution in [1.82, 2.24) is 9.88 Å². The highest BCUT2D eigenvalue weighted by Crippen LogP contribution is 2.36. The van der Waals surface area contributed by atoms with Crippen LogP contribution in [0.1, 0.15) is 0 Å². The normalized spacial score (nSPS) is 11.4. The standard InChI is InChI=1S/C16H14BrClN4O5S/c1-22(2)15(23)19-8-4-3-5-9(6-8)21-28(25,26)14-10(17)7-11-13(12(14)18)27-16(24)20-11/h3-7,21H,1-2H3,(H,19,23)(H,20,24). The Labute approximate surface area is 172 Å². The molecule has 0 aliphatic rings. The topological polar surface area (TPSA) is 125 Å². The number of halogens is 2. The molecule has 12 heteroatoms. The zero-order chi connectivity index (χ0) is 20.6. The second kappa shape index (κ2) is 7.49. The van der Waals surface area contributed by atoms with E-state index in [9.17, 15) is 18.0 Å². The van der Waals surface area contributed by atoms with Crippen molar-refractivity contribution in [3.63, 3.8) is 0 Å². The number of H-pyrrole nitrogens is 1. The fourth-order valence-corrected chi connectivity index (χ4v) is 5.26. The molecule has 2 aromatic carbocycles. The minimum atomic E-state index is -4.15. The predicted molar refractivity (Wildman–Crippen MR) is 110 cm³/mol. The Hall–Kier alpha value is -2.50. The lowest BCUT2D eigenvalue weighted by Gasteiger charge is -2.14. The number of sulfonamides is 1. The lowest BCUT2D eigenvalue weighted by Crippen LogP contribution is -2.27. The molecule has 0 bridgehead atoms. The molecule has 9 nitrogen and oxygen atoms in total. The van der Waals surface area contributed by atoms with Crippen molar-refractivity contribution >= 4 is 66.1 Å². The average Bonchev–Trinajstić information content (AvgIpc) is 2.94. The minimum Gasteiger partial charge on any atom is -0.406 e. The molecule has 0 radical (unpaired) electrons. The zero-order valence-electron chi connectivity index (χ0n) is 14.5. The summed E-state index contributed by atoms with van der Waals surface area (Å²) in [6.45, 7) is 0. The van der Waals surface area contributed by atoms with Crippen LogP contribution in [0.15, 0.2) is 48.9 Å². The lowest BCUT2D eigenvalue weighted by molar-refractivity contribution is 0.230. The highest BCUT2D eigenvalue weighted by Gasteiger charge is 2.26. The molecule has 3 aromatic rings. The summed E-state index contributed by atoms with van der Waals surface area (Å²) in [6.07, 6.45) is 0. The fourth-order valence-electron chi connectivity index (χ4n) is 2.35. The van der Waals surface area contributed by atoms with E-state index in [1.165, 1.54) is 23.1 Å². The molecule has 3 N–H and O–H groups in total. The molecule has 0 aliphatic carbocycles. The second-order valence-corrected chi connectivity index (χ2v) is 8.76. The van der Waals surface area contributed by atoms with Crippen LogP contribution in [0, 0.1) is 0 Å². The molecule has 0 atom stereocenters. The summed E-state index contributed by atoms with van der Waals surface area (Å²) in [5, 5.41) is 2.38. The van der Waals surface area contributed by atoms with Gasteiger partial charge >= 0.3 is 11.8 Å². The number of carbonyl (C=O) groups is 1. The van der Waals surface area contributed by atoms with Gasteiger partial charge in [-0.3, -0.25) is 9.71 Å². The van der Waals surface area contributed by atoms with Gasteiger partial charge in [0.05, 0.1) is 11.2 Å². The molecular formula is C16H14BrClN4O5S. The monoisotopic (exact) mass is 488 g/mol. The van der Waals surface area contributed by atoms with E-state index in [0.29, 0.717) is 5.69 Å². The Kier molecular flexibility index (Phi) is 5.41. The van der Waals surface area contributed by atoms with Gasteiger partial charge in [-0.25, -0.2) is 18.0 Å². The Morgan fingerprint density at radius 1 is 1.25 bits per heavy atom. The SMILES string of the molecule is CN(C)C(=O)Nc1cccc(NS(=O)(=O)c2c(Br)cc3[nH]c(=O)oc3c2Cl)c1. The first-order valence-corrected chi connectivity index (χ1v) is 10.4. The van der Waals surface area contributed by atoms with Crippen LogP contribution in [0.4, 0.5) is 16.2 Å². The van der Waals surface area contributed by atoms with Gasteiger partial charge in [-0.1, -0.05) is 17.7 Å². The molecule has 0 fully saturated rings. The van der Waals surface area contributed by atoms with Crippen molar-refractivity contribution in [3.8, 4) is 0 Å². The van der Waals surface area contributed by atoms with Gasteiger partial charge in [-0.15, -0.1) is 0 Å². The first kappa shape index (κ1) is 20.2. The number of nitrogens with one attached hydrogen (secondary N) is 3. The van der Waals surface area contributed by atoms with E-state index >= 15 is 0 Å². The second-order valence-electron chi connectivity index (χ2n) is 5.90. The van der Waals surface area contributed by atoms with Crippen LogP contribution in [0.2, 0.25) is 5.02 Å². The Balaban J connectivity index is 1.98. The summed E-state index contributed by atoms with van der Waals surface area (Å²) < 4.78 is 33.2. The third kappa shape index (κ3) is 4.01. The van der Waals surface area contributed by atoms with Crippen LogP contribution >= 0.6 is 27.5 Å². The summed E-state index contributed by atoms with van der Waals surface area (Å²) in [5.41, 5.74) is 0.794. The van der Waals surface area contributed by atoms with Gasteiger partial charge in [-0.2, -0.15) is 0 Å². The maximum absolute atomic E-state index is 12.9. The minimum absolute atomic E-state index is 0.0674. The van der Waals surface area contributed by atoms with E-state index in [1.807, 2.05) is 0 Å². The first-order chi connectivity index (χ1) is 13.1. The Morgan fingerprint density at radius 3 is 2.61 bits per heavy atom. The molecule has 148 valence electrons. The lowest BCUT2D eigenvalue weighted by atomic mass is 10.3. The van der Waals surface area contributed by atoms with Gasteiger partial charge in [0, 0.05) is 24.3 Å². The third-order valence-electron chi connectivity index (χ3n) is 3.60. The quantitative estimate of drug-likeness (QED) is 0.518. The average molecular weight is 490 g/mol. The number of amides is 2. The fraction of sp³-hybridized carbons (Fsp3) is 0.125. The van der Waals surface area contributed by atoms with Crippen LogP contribution in [0.25, 0.3) is 11.1 Å². The molecule has 1 aromatic heterocycles. The number of fused-ring (bicyclic) bond motifs is 1. The van der Waals surface area contributed by atoms with Crippen molar-refractivity contribution in [2.45, 2.75) is 4.90 Å². The van der Waals surface area contributed by atoms with Crippen LogP contribution in [-0.4, -0.2) is 38.4 Å². The summed E-state index contributed by atoms with van der Waals surface area (Å²) in [6, 6.07) is 7.18. The molecule has 0 unspecified atom stereocenters. The number of urea groups is 1. The smallest absolute Gasteiger partial charge is 0.406 e. The van der Waals surface area contributed by atoms with Crippen LogP contribution in [-0.2, 0) is 10.0 Å². The number of aromatic amines is 1. The van der Waals surface area contributed by atoms with Gasteiger partial charge in [0.2, 0.25) is 0 Å². The van der Waals surface area contributed by atoms with Crippen molar-refractivity contribution in [3.05, 3.63) is 50.4 Å². The largest absolute Gasteiger partial charge is 0.417 e. The molecule has 0 aliphatic heterocycles. The van der Waals surface area contributed by atoms with Gasteiger partial charge in [0.15, 0.2) is 5.58 Å². The molecule has 2 amide bonds. The van der Waals surface area contributed by atoms with Crippen molar-refractivity contribution in [1.29, 1.82) is 0 Å². The van der Waals surface area contributed by atoms with Crippen LogP contribution in [0.5, 0.6) is 0 Å².